The molecule has 1 aromatic carbocycles. The molecule has 0 atom stereocenters. The molecular weight excluding hydrogens is 410 g/mol. The van der Waals surface area contributed by atoms with E-state index in [4.69, 9.17) is 0 Å². The van der Waals surface area contributed by atoms with Crippen LogP contribution in [-0.2, 0) is 27.2 Å². The van der Waals surface area contributed by atoms with Crippen molar-refractivity contribution >= 4 is 22.4 Å². The quantitative estimate of drug-likeness (QED) is 0.567. The van der Waals surface area contributed by atoms with Crippen molar-refractivity contribution in [3.05, 3.63) is 35.6 Å². The van der Waals surface area contributed by atoms with Gasteiger partial charge in [0, 0.05) is 49.3 Å². The van der Waals surface area contributed by atoms with Crippen LogP contribution in [0.3, 0.4) is 0 Å². The first-order valence-electron chi connectivity index (χ1n) is 5.00. The van der Waals surface area contributed by atoms with Crippen LogP contribution in [0.4, 0.5) is 0 Å². The number of hydrogen-bond donors (Lipinski definition) is 0. The summed E-state index contributed by atoms with van der Waals surface area (Å²) in [7, 11) is 2.02. The Morgan fingerprint density at radius 1 is 1.41 bits per heavy atom. The summed E-state index contributed by atoms with van der Waals surface area (Å²) in [6.07, 6.45) is 1.81. The summed E-state index contributed by atoms with van der Waals surface area (Å²) >= 11 is 1.63. The molecule has 0 aliphatic rings. The predicted octanol–water partition coefficient (Wildman–Crippen LogP) is 2.80. The number of aromatic nitrogens is 3. The van der Waals surface area contributed by atoms with Crippen molar-refractivity contribution in [2.75, 3.05) is 0 Å². The second-order valence-electron chi connectivity index (χ2n) is 3.67. The van der Waals surface area contributed by atoms with Crippen LogP contribution in [0.1, 0.15) is 5.82 Å². The summed E-state index contributed by atoms with van der Waals surface area (Å²) in [5.41, 5.74) is 3.15. The summed E-state index contributed by atoms with van der Waals surface area (Å²) in [4.78, 5) is 8.74. The van der Waals surface area contributed by atoms with Gasteiger partial charge in [0.15, 0.2) is 0 Å². The Kier molecular flexibility index (Phi) is 3.42. The molecule has 0 aliphatic carbocycles. The molecule has 0 aliphatic heterocycles. The molecule has 0 fully saturated rings. The first kappa shape index (κ1) is 12.4. The molecule has 2 aromatic heterocycles. The zero-order valence-corrected chi connectivity index (χ0v) is 12.6. The van der Waals surface area contributed by atoms with Gasteiger partial charge in [-0.05, 0) is 12.4 Å². The van der Waals surface area contributed by atoms with Crippen LogP contribution in [0.25, 0.3) is 21.6 Å². The first-order valence-corrected chi connectivity index (χ1v) is 5.88. The summed E-state index contributed by atoms with van der Waals surface area (Å²) in [6.45, 7) is 2.00. The van der Waals surface area contributed by atoms with E-state index >= 15 is 0 Å². The van der Waals surface area contributed by atoms with Crippen LogP contribution in [0, 0.1) is 13.0 Å². The van der Waals surface area contributed by atoms with Crippen molar-refractivity contribution in [2.24, 2.45) is 7.05 Å². The van der Waals surface area contributed by atoms with E-state index in [1.165, 1.54) is 0 Å². The van der Waals surface area contributed by atoms with Crippen molar-refractivity contribution in [2.45, 2.75) is 6.92 Å². The fourth-order valence-corrected chi connectivity index (χ4v) is 2.35. The minimum absolute atomic E-state index is 0. The second kappa shape index (κ2) is 4.69. The van der Waals surface area contributed by atoms with E-state index in [1.54, 1.807) is 11.3 Å². The van der Waals surface area contributed by atoms with Crippen LogP contribution in [-0.4, -0.2) is 14.5 Å². The molecule has 2 heterocycles. The molecule has 0 N–H and O–H groups in total. The zero-order valence-electron chi connectivity index (χ0n) is 9.39. The van der Waals surface area contributed by atoms with E-state index in [0.29, 0.717) is 0 Å². The maximum atomic E-state index is 4.45. The largest absolute Gasteiger partial charge is 0.349 e. The molecule has 0 bridgehead atoms. The van der Waals surface area contributed by atoms with Crippen molar-refractivity contribution in [1.29, 1.82) is 0 Å². The maximum absolute atomic E-state index is 4.45. The molecule has 0 unspecified atom stereocenters. The maximum Gasteiger partial charge on any atom is 0.0941 e. The molecule has 3 aromatic rings. The van der Waals surface area contributed by atoms with Crippen LogP contribution < -0.4 is 0 Å². The van der Waals surface area contributed by atoms with Gasteiger partial charge in [-0.3, -0.25) is 9.97 Å². The number of nitrogens with zero attached hydrogens (tertiary/aromatic N) is 3. The standard InChI is InChI=1S/C12H10N3S.Ir/c1-8-14-10-4-3-9(7-11(10)15(8)2)12-13-5-6-16-12;/h4-7H,1-2H3;/q-1;. The zero-order chi connectivity index (χ0) is 11.1. The predicted molar refractivity (Wildman–Crippen MR) is 65.4 cm³/mol. The van der Waals surface area contributed by atoms with Gasteiger partial charge in [-0.2, -0.15) is 11.3 Å². The third kappa shape index (κ3) is 2.06. The second-order valence-corrected chi connectivity index (χ2v) is 4.57. The Bertz CT molecular complexity index is 643. The smallest absolute Gasteiger partial charge is 0.0941 e. The average Bonchev–Trinajstić information content (AvgIpc) is 2.89. The average molecular weight is 421 g/mol. The Morgan fingerprint density at radius 2 is 2.24 bits per heavy atom. The number of thiazole rings is 1. The van der Waals surface area contributed by atoms with Gasteiger partial charge in [-0.25, -0.2) is 0 Å². The van der Waals surface area contributed by atoms with Crippen LogP contribution in [0.2, 0.25) is 0 Å². The Hall–Kier alpha value is -1.03. The Balaban J connectivity index is 0.00000108. The molecule has 3 rings (SSSR count). The molecule has 0 saturated heterocycles. The third-order valence-corrected chi connectivity index (χ3v) is 3.51. The van der Waals surface area contributed by atoms with Gasteiger partial charge in [0.05, 0.1) is 5.82 Å². The minimum atomic E-state index is 0. The normalized spacial score (nSPS) is 10.5. The van der Waals surface area contributed by atoms with Gasteiger partial charge in [-0.15, -0.1) is 23.8 Å². The van der Waals surface area contributed by atoms with Crippen LogP contribution in [0.15, 0.2) is 23.7 Å². The minimum Gasteiger partial charge on any atom is -0.349 e. The SMILES string of the molecule is Cc1nc2c[c-]c(-c3nccs3)cc2n1C.[Ir]. The number of aryl methyl sites for hydroxylation is 2. The molecule has 0 spiro atoms. The van der Waals surface area contributed by atoms with Gasteiger partial charge in [-0.1, -0.05) is 0 Å². The van der Waals surface area contributed by atoms with E-state index in [2.05, 4.69) is 26.7 Å². The van der Waals surface area contributed by atoms with E-state index < -0.39 is 0 Å². The molecule has 1 radical (unpaired) electrons. The summed E-state index contributed by atoms with van der Waals surface area (Å²) in [6, 6.07) is 7.25. The van der Waals surface area contributed by atoms with Crippen LogP contribution in [0.5, 0.6) is 0 Å². The van der Waals surface area contributed by atoms with Crippen molar-refractivity contribution in [3.8, 4) is 10.6 Å². The Morgan fingerprint density at radius 3 is 2.94 bits per heavy atom. The summed E-state index contributed by atoms with van der Waals surface area (Å²) in [5, 5.41) is 2.97. The van der Waals surface area contributed by atoms with Crippen molar-refractivity contribution < 1.29 is 20.1 Å². The summed E-state index contributed by atoms with van der Waals surface area (Å²) < 4.78 is 2.08. The fraction of sp³-hybridized carbons (Fsp3) is 0.167. The molecule has 89 valence electrons. The first-order chi connectivity index (χ1) is 7.75. The van der Waals surface area contributed by atoms with Gasteiger partial charge in [0.2, 0.25) is 0 Å². The number of benzene rings is 1. The van der Waals surface area contributed by atoms with E-state index in [0.717, 1.165) is 27.4 Å². The number of rotatable bonds is 1. The Labute approximate surface area is 117 Å². The monoisotopic (exact) mass is 421 g/mol. The number of imidazole rings is 1. The van der Waals surface area contributed by atoms with Gasteiger partial charge >= 0.3 is 0 Å². The molecule has 0 saturated carbocycles. The van der Waals surface area contributed by atoms with E-state index in [1.807, 2.05) is 31.6 Å². The third-order valence-electron chi connectivity index (χ3n) is 2.70. The van der Waals surface area contributed by atoms with E-state index in [-0.39, 0.29) is 20.1 Å². The van der Waals surface area contributed by atoms with Gasteiger partial charge in [0.1, 0.15) is 0 Å². The molecular formula is C12H10IrN3S-. The molecule has 0 amide bonds. The van der Waals surface area contributed by atoms with Crippen molar-refractivity contribution in [3.63, 3.8) is 0 Å². The number of fused-ring (bicyclic) bond motifs is 1. The van der Waals surface area contributed by atoms with Gasteiger partial charge < -0.3 is 4.57 Å². The number of hydrogen-bond acceptors (Lipinski definition) is 3. The molecule has 17 heavy (non-hydrogen) atoms. The van der Waals surface area contributed by atoms with Crippen LogP contribution >= 0.6 is 11.3 Å². The van der Waals surface area contributed by atoms with Gasteiger partial charge in [0.25, 0.3) is 0 Å². The van der Waals surface area contributed by atoms with Crippen molar-refractivity contribution in [1.82, 2.24) is 14.5 Å². The topological polar surface area (TPSA) is 30.7 Å². The molecule has 5 heteroatoms. The van der Waals surface area contributed by atoms with E-state index in [9.17, 15) is 0 Å². The molecule has 3 nitrogen and oxygen atoms in total. The fourth-order valence-electron chi connectivity index (χ4n) is 1.73. The summed E-state index contributed by atoms with van der Waals surface area (Å²) in [5.74, 6) is 1.01.